The summed E-state index contributed by atoms with van der Waals surface area (Å²) in [5, 5.41) is 4.96. The van der Waals surface area contributed by atoms with E-state index in [0.717, 1.165) is 39.8 Å². The molecule has 1 N–H and O–H groups in total. The number of carbonyl (C=O) groups excluding carboxylic acids is 1. The van der Waals surface area contributed by atoms with E-state index >= 15 is 0 Å². The zero-order valence-electron chi connectivity index (χ0n) is 18.7. The fraction of sp³-hybridized carbons (Fsp3) is 0.148. The number of hydrazone groups is 1. The summed E-state index contributed by atoms with van der Waals surface area (Å²) in [6, 6.07) is 28.4. The van der Waals surface area contributed by atoms with Crippen LogP contribution >= 0.6 is 11.3 Å². The van der Waals surface area contributed by atoms with E-state index < -0.39 is 0 Å². The molecule has 166 valence electrons. The van der Waals surface area contributed by atoms with Crippen molar-refractivity contribution in [1.82, 2.24) is 10.4 Å². The zero-order chi connectivity index (χ0) is 23.0. The maximum Gasteiger partial charge on any atom is 0.291 e. The molecule has 33 heavy (non-hydrogen) atoms. The number of thiazole rings is 1. The monoisotopic (exact) mass is 454 g/mol. The van der Waals surface area contributed by atoms with Crippen LogP contribution in [0.3, 0.4) is 0 Å². The molecular formula is C27H26N4OS. The van der Waals surface area contributed by atoms with Crippen molar-refractivity contribution in [3.05, 3.63) is 107 Å². The minimum atomic E-state index is -0.307. The fourth-order valence-corrected chi connectivity index (χ4v) is 4.41. The van der Waals surface area contributed by atoms with E-state index in [1.165, 1.54) is 16.9 Å². The Morgan fingerprint density at radius 1 is 1.00 bits per heavy atom. The normalized spacial score (nSPS) is 11.0. The van der Waals surface area contributed by atoms with Gasteiger partial charge in [0, 0.05) is 29.2 Å². The average Bonchev–Trinajstić information content (AvgIpc) is 3.26. The van der Waals surface area contributed by atoms with Crippen molar-refractivity contribution in [1.29, 1.82) is 0 Å². The summed E-state index contributed by atoms with van der Waals surface area (Å²) in [5.41, 5.74) is 7.35. The zero-order valence-corrected chi connectivity index (χ0v) is 19.5. The standard InChI is InChI=1S/C27H26N4OS/c1-3-31(19-22-10-6-4-7-11-22)24-16-14-21(15-17-24)18-28-30-26(32)25-20(2)33-27(29-25)23-12-8-5-9-13-23/h4-18H,3,19H2,1-2H3,(H,30,32)/b28-18-. The number of hydrogen-bond donors (Lipinski definition) is 1. The molecule has 0 spiro atoms. The van der Waals surface area contributed by atoms with Crippen molar-refractivity contribution in [3.63, 3.8) is 0 Å². The summed E-state index contributed by atoms with van der Waals surface area (Å²) in [5.74, 6) is -0.307. The highest BCUT2D eigenvalue weighted by Gasteiger charge is 2.15. The molecule has 0 bridgehead atoms. The number of nitrogens with zero attached hydrogens (tertiary/aromatic N) is 3. The number of rotatable bonds is 8. The van der Waals surface area contributed by atoms with Gasteiger partial charge in [0.1, 0.15) is 10.7 Å². The first kappa shape index (κ1) is 22.4. The van der Waals surface area contributed by atoms with Crippen molar-refractivity contribution in [2.75, 3.05) is 11.4 Å². The highest BCUT2D eigenvalue weighted by Crippen LogP contribution is 2.27. The molecule has 0 saturated carbocycles. The number of amides is 1. The van der Waals surface area contributed by atoms with E-state index in [2.05, 4.69) is 63.7 Å². The van der Waals surface area contributed by atoms with E-state index in [1.807, 2.05) is 55.5 Å². The third kappa shape index (κ3) is 5.73. The molecular weight excluding hydrogens is 428 g/mol. The van der Waals surface area contributed by atoms with E-state index in [-0.39, 0.29) is 5.91 Å². The number of nitrogens with one attached hydrogen (secondary N) is 1. The minimum Gasteiger partial charge on any atom is -0.367 e. The summed E-state index contributed by atoms with van der Waals surface area (Å²) in [6.45, 7) is 5.82. The Labute approximate surface area is 198 Å². The second kappa shape index (κ2) is 10.7. The van der Waals surface area contributed by atoms with E-state index in [4.69, 9.17) is 0 Å². The van der Waals surface area contributed by atoms with Crippen LogP contribution in [0.25, 0.3) is 10.6 Å². The van der Waals surface area contributed by atoms with E-state index in [0.29, 0.717) is 5.69 Å². The third-order valence-electron chi connectivity index (χ3n) is 5.27. The van der Waals surface area contributed by atoms with Crippen LogP contribution in [0.1, 0.15) is 33.4 Å². The molecule has 4 aromatic rings. The maximum atomic E-state index is 12.6. The lowest BCUT2D eigenvalue weighted by Gasteiger charge is -2.23. The highest BCUT2D eigenvalue weighted by molar-refractivity contribution is 7.15. The van der Waals surface area contributed by atoms with Gasteiger partial charge >= 0.3 is 0 Å². The first-order valence-electron chi connectivity index (χ1n) is 10.9. The lowest BCUT2D eigenvalue weighted by atomic mass is 10.1. The number of aryl methyl sites for hydroxylation is 1. The molecule has 5 nitrogen and oxygen atoms in total. The summed E-state index contributed by atoms with van der Waals surface area (Å²) in [6.07, 6.45) is 1.65. The van der Waals surface area contributed by atoms with Gasteiger partial charge in [-0.05, 0) is 37.1 Å². The maximum absolute atomic E-state index is 12.6. The Kier molecular flexibility index (Phi) is 7.27. The SMILES string of the molecule is CCN(Cc1ccccc1)c1ccc(/C=N\NC(=O)c2nc(-c3ccccc3)sc2C)cc1. The first-order valence-corrected chi connectivity index (χ1v) is 11.7. The molecule has 1 amide bonds. The van der Waals surface area contributed by atoms with Gasteiger partial charge < -0.3 is 4.90 Å². The second-order valence-corrected chi connectivity index (χ2v) is 8.78. The van der Waals surface area contributed by atoms with Crippen molar-refractivity contribution in [2.24, 2.45) is 5.10 Å². The molecule has 1 heterocycles. The number of benzene rings is 3. The second-order valence-electron chi connectivity index (χ2n) is 7.58. The molecule has 4 rings (SSSR count). The highest BCUT2D eigenvalue weighted by atomic mass is 32.1. The van der Waals surface area contributed by atoms with Crippen molar-refractivity contribution >= 4 is 29.1 Å². The first-order chi connectivity index (χ1) is 16.1. The molecule has 0 aliphatic carbocycles. The molecule has 0 fully saturated rings. The molecule has 0 aliphatic rings. The molecule has 0 atom stereocenters. The summed E-state index contributed by atoms with van der Waals surface area (Å²) in [7, 11) is 0. The average molecular weight is 455 g/mol. The van der Waals surface area contributed by atoms with Crippen LogP contribution in [0.4, 0.5) is 5.69 Å². The van der Waals surface area contributed by atoms with E-state index in [1.54, 1.807) is 6.21 Å². The number of carbonyl (C=O) groups is 1. The van der Waals surface area contributed by atoms with Gasteiger partial charge in [0.25, 0.3) is 5.91 Å². The van der Waals surface area contributed by atoms with Gasteiger partial charge in [-0.2, -0.15) is 5.10 Å². The van der Waals surface area contributed by atoms with Crippen molar-refractivity contribution < 1.29 is 4.79 Å². The van der Waals surface area contributed by atoms with Gasteiger partial charge in [-0.3, -0.25) is 4.79 Å². The summed E-state index contributed by atoms with van der Waals surface area (Å²) >= 11 is 1.50. The predicted octanol–water partition coefficient (Wildman–Crippen LogP) is 5.91. The predicted molar refractivity (Wildman–Crippen MR) is 137 cm³/mol. The van der Waals surface area contributed by atoms with Crippen LogP contribution in [0, 0.1) is 6.92 Å². The third-order valence-corrected chi connectivity index (χ3v) is 6.29. The Hall–Kier alpha value is -3.77. The van der Waals surface area contributed by atoms with Gasteiger partial charge in [-0.15, -0.1) is 11.3 Å². The Morgan fingerprint density at radius 2 is 1.67 bits per heavy atom. The number of aromatic nitrogens is 1. The van der Waals surface area contributed by atoms with Crippen LogP contribution in [0.15, 0.2) is 90.0 Å². The minimum absolute atomic E-state index is 0.307. The molecule has 0 saturated heterocycles. The van der Waals surface area contributed by atoms with E-state index in [9.17, 15) is 4.79 Å². The van der Waals surface area contributed by atoms with Crippen LogP contribution in [-0.2, 0) is 6.54 Å². The molecule has 3 aromatic carbocycles. The van der Waals surface area contributed by atoms with Crippen molar-refractivity contribution in [3.8, 4) is 10.6 Å². The van der Waals surface area contributed by atoms with Crippen molar-refractivity contribution in [2.45, 2.75) is 20.4 Å². The van der Waals surface area contributed by atoms with Gasteiger partial charge in [-0.25, -0.2) is 10.4 Å². The molecule has 1 aromatic heterocycles. The molecule has 0 unspecified atom stereocenters. The molecule has 6 heteroatoms. The lowest BCUT2D eigenvalue weighted by Crippen LogP contribution is -2.21. The smallest absolute Gasteiger partial charge is 0.291 e. The number of anilines is 1. The lowest BCUT2D eigenvalue weighted by molar-refractivity contribution is 0.0950. The van der Waals surface area contributed by atoms with Gasteiger partial charge in [0.05, 0.1) is 6.21 Å². The Balaban J connectivity index is 1.37. The topological polar surface area (TPSA) is 57.6 Å². The van der Waals surface area contributed by atoms with Gasteiger partial charge in [0.2, 0.25) is 0 Å². The van der Waals surface area contributed by atoms with Crippen LogP contribution < -0.4 is 10.3 Å². The quantitative estimate of drug-likeness (QED) is 0.266. The summed E-state index contributed by atoms with van der Waals surface area (Å²) in [4.78, 5) is 20.3. The molecule has 0 radical (unpaired) electrons. The number of hydrogen-bond acceptors (Lipinski definition) is 5. The summed E-state index contributed by atoms with van der Waals surface area (Å²) < 4.78 is 0. The molecule has 0 aliphatic heterocycles. The Bertz CT molecular complexity index is 1220. The van der Waals surface area contributed by atoms with Crippen LogP contribution in [0.5, 0.6) is 0 Å². The Morgan fingerprint density at radius 3 is 2.33 bits per heavy atom. The van der Waals surface area contributed by atoms with Gasteiger partial charge in [0.15, 0.2) is 0 Å². The van der Waals surface area contributed by atoms with Crippen LogP contribution in [0.2, 0.25) is 0 Å². The largest absolute Gasteiger partial charge is 0.367 e. The van der Waals surface area contributed by atoms with Gasteiger partial charge in [-0.1, -0.05) is 72.8 Å². The van der Waals surface area contributed by atoms with Crippen LogP contribution in [-0.4, -0.2) is 23.7 Å². The fourth-order valence-electron chi connectivity index (χ4n) is 3.49.